The lowest BCUT2D eigenvalue weighted by molar-refractivity contribution is -0.143. The molecule has 2 heterocycles. The van der Waals surface area contributed by atoms with Gasteiger partial charge in [0, 0.05) is 12.6 Å². The smallest absolute Gasteiger partial charge is 0.306 e. The van der Waals surface area contributed by atoms with E-state index in [1.807, 2.05) is 0 Å². The number of carboxylic acids is 1. The van der Waals surface area contributed by atoms with E-state index < -0.39 is 37.0 Å². The van der Waals surface area contributed by atoms with Crippen molar-refractivity contribution in [2.75, 3.05) is 18.1 Å². The number of carboxylic acid groups (broad SMARTS) is 1. The quantitative estimate of drug-likeness (QED) is 0.780. The number of aliphatic carboxylic acids is 1. The zero-order valence-corrected chi connectivity index (χ0v) is 13.6. The van der Waals surface area contributed by atoms with Crippen LogP contribution < -0.4 is 0 Å². The van der Waals surface area contributed by atoms with Gasteiger partial charge in [-0.2, -0.15) is 4.31 Å². The normalized spacial score (nSPS) is 31.9. The van der Waals surface area contributed by atoms with Crippen molar-refractivity contribution in [2.24, 2.45) is 5.92 Å². The summed E-state index contributed by atoms with van der Waals surface area (Å²) in [5, 5.41) is 8.35. The number of hydrogen-bond acceptors (Lipinski definition) is 5. The van der Waals surface area contributed by atoms with E-state index in [1.165, 1.54) is 4.31 Å². The van der Waals surface area contributed by atoms with Crippen LogP contribution in [-0.2, 0) is 24.7 Å². The summed E-state index contributed by atoms with van der Waals surface area (Å²) < 4.78 is 49.4. The largest absolute Gasteiger partial charge is 0.481 e. The third-order valence-electron chi connectivity index (χ3n) is 4.41. The molecular weight excluding hydrogens is 318 g/mol. The maximum absolute atomic E-state index is 12.6. The van der Waals surface area contributed by atoms with Crippen LogP contribution in [0.2, 0.25) is 0 Å². The Balaban J connectivity index is 2.09. The van der Waals surface area contributed by atoms with Gasteiger partial charge >= 0.3 is 5.97 Å². The first kappa shape index (κ1) is 16.7. The van der Waals surface area contributed by atoms with Crippen LogP contribution in [0.3, 0.4) is 0 Å². The van der Waals surface area contributed by atoms with E-state index in [-0.39, 0.29) is 36.9 Å². The van der Waals surface area contributed by atoms with Crippen LogP contribution in [-0.4, -0.2) is 61.6 Å². The van der Waals surface area contributed by atoms with E-state index in [0.717, 1.165) is 0 Å². The Morgan fingerprint density at radius 2 is 1.76 bits per heavy atom. The molecular formula is C12H21NO6S2. The summed E-state index contributed by atoms with van der Waals surface area (Å²) in [6.07, 6.45) is 0.885. The highest BCUT2D eigenvalue weighted by atomic mass is 32.2. The zero-order chi connectivity index (χ0) is 15.8. The van der Waals surface area contributed by atoms with Gasteiger partial charge in [0.1, 0.15) is 9.84 Å². The van der Waals surface area contributed by atoms with Gasteiger partial charge in [-0.15, -0.1) is 0 Å². The minimum Gasteiger partial charge on any atom is -0.481 e. The third-order valence-corrected chi connectivity index (χ3v) is 8.64. The van der Waals surface area contributed by atoms with Crippen molar-refractivity contribution in [3.8, 4) is 0 Å². The molecule has 0 amide bonds. The topological polar surface area (TPSA) is 109 Å². The van der Waals surface area contributed by atoms with Crippen molar-refractivity contribution in [2.45, 2.75) is 43.9 Å². The van der Waals surface area contributed by atoms with Gasteiger partial charge < -0.3 is 5.11 Å². The second-order valence-electron chi connectivity index (χ2n) is 5.92. The zero-order valence-electron chi connectivity index (χ0n) is 11.9. The minimum atomic E-state index is -3.56. The molecule has 2 aliphatic heterocycles. The standard InChI is InChI=1S/C12H21NO6S2/c1-9-8-10(12(14)15)2-5-13(9)21(18,19)11-3-6-20(16,17)7-4-11/h9-11H,2-8H2,1H3,(H,14,15). The number of nitrogens with zero attached hydrogens (tertiary/aromatic N) is 1. The van der Waals surface area contributed by atoms with Crippen LogP contribution >= 0.6 is 0 Å². The Bertz CT molecular complexity index is 598. The number of carbonyl (C=O) groups is 1. The average Bonchev–Trinajstić information content (AvgIpc) is 2.37. The van der Waals surface area contributed by atoms with Crippen LogP contribution in [0, 0.1) is 5.92 Å². The number of rotatable bonds is 3. The van der Waals surface area contributed by atoms with Gasteiger partial charge in [0.15, 0.2) is 0 Å². The number of hydrogen-bond donors (Lipinski definition) is 1. The van der Waals surface area contributed by atoms with Crippen LogP contribution in [0.5, 0.6) is 0 Å². The van der Waals surface area contributed by atoms with Crippen molar-refractivity contribution in [1.29, 1.82) is 0 Å². The predicted octanol–water partition coefficient (Wildman–Crippen LogP) is 0.0785. The molecule has 2 unspecified atom stereocenters. The summed E-state index contributed by atoms with van der Waals surface area (Å²) in [6.45, 7) is 1.91. The minimum absolute atomic E-state index is 0.0864. The molecule has 122 valence electrons. The number of sulfone groups is 1. The molecule has 0 aromatic heterocycles. The molecule has 0 aromatic carbocycles. The lowest BCUT2D eigenvalue weighted by Gasteiger charge is -2.38. The fourth-order valence-corrected chi connectivity index (χ4v) is 7.06. The molecule has 0 radical (unpaired) electrons. The molecule has 0 saturated carbocycles. The van der Waals surface area contributed by atoms with Crippen molar-refractivity contribution in [3.63, 3.8) is 0 Å². The predicted molar refractivity (Wildman–Crippen MR) is 77.1 cm³/mol. The maximum atomic E-state index is 12.6. The van der Waals surface area contributed by atoms with Gasteiger partial charge in [0.2, 0.25) is 10.0 Å². The van der Waals surface area contributed by atoms with Crippen molar-refractivity contribution >= 4 is 25.8 Å². The van der Waals surface area contributed by atoms with Gasteiger partial charge in [-0.1, -0.05) is 0 Å². The van der Waals surface area contributed by atoms with Gasteiger partial charge in [0.25, 0.3) is 0 Å². The van der Waals surface area contributed by atoms with E-state index in [9.17, 15) is 21.6 Å². The highest BCUT2D eigenvalue weighted by molar-refractivity contribution is 7.92. The van der Waals surface area contributed by atoms with Crippen LogP contribution in [0.25, 0.3) is 0 Å². The van der Waals surface area contributed by atoms with E-state index in [1.54, 1.807) is 6.92 Å². The van der Waals surface area contributed by atoms with E-state index >= 15 is 0 Å². The summed E-state index contributed by atoms with van der Waals surface area (Å²) in [7, 11) is -6.66. The van der Waals surface area contributed by atoms with Gasteiger partial charge in [0.05, 0.1) is 22.7 Å². The molecule has 0 bridgehead atoms. The van der Waals surface area contributed by atoms with E-state index in [0.29, 0.717) is 12.8 Å². The molecule has 21 heavy (non-hydrogen) atoms. The fourth-order valence-electron chi connectivity index (χ4n) is 3.11. The van der Waals surface area contributed by atoms with Gasteiger partial charge in [-0.3, -0.25) is 4.79 Å². The summed E-state index contributed by atoms with van der Waals surface area (Å²) >= 11 is 0. The van der Waals surface area contributed by atoms with Crippen molar-refractivity contribution < 1.29 is 26.7 Å². The second-order valence-corrected chi connectivity index (χ2v) is 10.4. The Kier molecular flexibility index (Phi) is 4.65. The summed E-state index contributed by atoms with van der Waals surface area (Å²) in [5.41, 5.74) is 0. The summed E-state index contributed by atoms with van der Waals surface area (Å²) in [5.74, 6) is -1.56. The second kappa shape index (κ2) is 5.85. The Morgan fingerprint density at radius 3 is 2.24 bits per heavy atom. The molecule has 2 fully saturated rings. The van der Waals surface area contributed by atoms with E-state index in [4.69, 9.17) is 5.11 Å². The van der Waals surface area contributed by atoms with E-state index in [2.05, 4.69) is 0 Å². The molecule has 0 aliphatic carbocycles. The first-order chi connectivity index (χ1) is 9.63. The van der Waals surface area contributed by atoms with Gasteiger partial charge in [-0.05, 0) is 32.6 Å². The third kappa shape index (κ3) is 3.57. The summed E-state index contributed by atoms with van der Waals surface area (Å²) in [6, 6.07) is -0.358. The molecule has 9 heteroatoms. The Hall–Kier alpha value is -0.670. The summed E-state index contributed by atoms with van der Waals surface area (Å²) in [4.78, 5) is 11.0. The number of sulfonamides is 1. The molecule has 7 nitrogen and oxygen atoms in total. The molecule has 2 saturated heterocycles. The lowest BCUT2D eigenvalue weighted by atomic mass is 9.93. The molecule has 2 atom stereocenters. The maximum Gasteiger partial charge on any atom is 0.306 e. The fraction of sp³-hybridized carbons (Fsp3) is 0.917. The number of piperidine rings is 1. The van der Waals surface area contributed by atoms with Crippen molar-refractivity contribution in [3.05, 3.63) is 0 Å². The monoisotopic (exact) mass is 339 g/mol. The van der Waals surface area contributed by atoms with Gasteiger partial charge in [-0.25, -0.2) is 16.8 Å². The Labute approximate surface area is 125 Å². The highest BCUT2D eigenvalue weighted by Gasteiger charge is 2.41. The lowest BCUT2D eigenvalue weighted by Crippen LogP contribution is -2.50. The molecule has 2 aliphatic rings. The van der Waals surface area contributed by atoms with Crippen LogP contribution in [0.1, 0.15) is 32.6 Å². The molecule has 0 aromatic rings. The molecule has 0 spiro atoms. The van der Waals surface area contributed by atoms with Crippen LogP contribution in [0.4, 0.5) is 0 Å². The molecule has 2 rings (SSSR count). The first-order valence-electron chi connectivity index (χ1n) is 7.07. The Morgan fingerprint density at radius 1 is 1.19 bits per heavy atom. The molecule has 1 N–H and O–H groups in total. The van der Waals surface area contributed by atoms with Crippen molar-refractivity contribution in [1.82, 2.24) is 4.31 Å². The van der Waals surface area contributed by atoms with Crippen LogP contribution in [0.15, 0.2) is 0 Å². The SMILES string of the molecule is CC1CC(C(=O)O)CCN1S(=O)(=O)C1CCS(=O)(=O)CC1. The first-order valence-corrected chi connectivity index (χ1v) is 10.4. The highest BCUT2D eigenvalue weighted by Crippen LogP contribution is 2.30. The average molecular weight is 339 g/mol.